The molecule has 0 heterocycles. The Balaban J connectivity index is 2.22. The molecule has 0 saturated heterocycles. The van der Waals surface area contributed by atoms with Gasteiger partial charge in [-0.1, -0.05) is 46.6 Å². The molecular weight excluding hydrogens is 302 g/mol. The zero-order valence-corrected chi connectivity index (χ0v) is 12.6. The molecule has 2 aromatic carbocycles. The van der Waals surface area contributed by atoms with Gasteiger partial charge in [0, 0.05) is 16.1 Å². The molecule has 22 heavy (non-hydrogen) atoms. The van der Waals surface area contributed by atoms with Crippen molar-refractivity contribution in [1.29, 1.82) is 0 Å². The van der Waals surface area contributed by atoms with Crippen molar-refractivity contribution in [3.8, 4) is 0 Å². The highest BCUT2D eigenvalue weighted by Crippen LogP contribution is 2.10. The van der Waals surface area contributed by atoms with Crippen molar-refractivity contribution in [3.63, 3.8) is 0 Å². The van der Waals surface area contributed by atoms with Crippen LogP contribution in [0, 0.1) is 6.92 Å². The number of rotatable bonds is 4. The van der Waals surface area contributed by atoms with Crippen LogP contribution < -0.4 is 5.43 Å². The van der Waals surface area contributed by atoms with E-state index in [1.807, 2.05) is 25.1 Å². The zero-order chi connectivity index (χ0) is 15.9. The second kappa shape index (κ2) is 7.38. The number of halogens is 1. The maximum Gasteiger partial charge on any atom is 0.271 e. The van der Waals surface area contributed by atoms with E-state index in [2.05, 4.69) is 15.7 Å². The fourth-order valence-corrected chi connectivity index (χ4v) is 2.02. The third-order valence-electron chi connectivity index (χ3n) is 2.86. The zero-order valence-electron chi connectivity index (χ0n) is 11.8. The molecule has 5 nitrogen and oxygen atoms in total. The number of hydrogen-bond acceptors (Lipinski definition) is 4. The lowest BCUT2D eigenvalue weighted by Gasteiger charge is -2.04. The number of hydrazone groups is 1. The second-order valence-electron chi connectivity index (χ2n) is 4.56. The average Bonchev–Trinajstić information content (AvgIpc) is 2.51. The molecule has 2 aromatic rings. The smallest absolute Gasteiger partial charge is 0.271 e. The van der Waals surface area contributed by atoms with Gasteiger partial charge in [0.05, 0.1) is 6.21 Å². The van der Waals surface area contributed by atoms with E-state index in [0.29, 0.717) is 16.3 Å². The van der Waals surface area contributed by atoms with Crippen molar-refractivity contribution >= 4 is 29.4 Å². The summed E-state index contributed by atoms with van der Waals surface area (Å²) in [6.45, 7) is 1.93. The van der Waals surface area contributed by atoms with Gasteiger partial charge in [-0.2, -0.15) is 5.10 Å². The molecule has 0 aliphatic carbocycles. The number of nitrogens with zero attached hydrogens (tertiary/aromatic N) is 2. The van der Waals surface area contributed by atoms with Crippen LogP contribution in [0.2, 0.25) is 5.02 Å². The standard InChI is InChI=1S/C16H14ClN3O2/c1-11-4-2-5-12(8-11)15(10-18-22)19-20-16(21)13-6-3-7-14(17)9-13/h2-10,22H,1H3,(H,20,21). The van der Waals surface area contributed by atoms with Gasteiger partial charge >= 0.3 is 0 Å². The van der Waals surface area contributed by atoms with Crippen molar-refractivity contribution in [1.82, 2.24) is 5.43 Å². The summed E-state index contributed by atoms with van der Waals surface area (Å²) in [4.78, 5) is 12.0. The first-order chi connectivity index (χ1) is 10.6. The Hall–Kier alpha value is -2.66. The van der Waals surface area contributed by atoms with Crippen LogP contribution >= 0.6 is 11.6 Å². The molecule has 0 aromatic heterocycles. The lowest BCUT2D eigenvalue weighted by Crippen LogP contribution is -2.20. The molecular formula is C16H14ClN3O2. The van der Waals surface area contributed by atoms with E-state index in [-0.39, 0.29) is 0 Å². The number of carbonyl (C=O) groups is 1. The van der Waals surface area contributed by atoms with Crippen molar-refractivity contribution in [2.45, 2.75) is 6.92 Å². The summed E-state index contributed by atoms with van der Waals surface area (Å²) < 4.78 is 0. The summed E-state index contributed by atoms with van der Waals surface area (Å²) in [5, 5.41) is 16.2. The summed E-state index contributed by atoms with van der Waals surface area (Å²) in [5.41, 5.74) is 4.89. The highest BCUT2D eigenvalue weighted by atomic mass is 35.5. The molecule has 0 unspecified atom stereocenters. The first-order valence-corrected chi connectivity index (χ1v) is 6.86. The molecule has 0 radical (unpaired) electrons. The van der Waals surface area contributed by atoms with E-state index in [4.69, 9.17) is 16.8 Å². The average molecular weight is 316 g/mol. The molecule has 2 N–H and O–H groups in total. The quantitative estimate of drug-likeness (QED) is 0.516. The van der Waals surface area contributed by atoms with Crippen LogP contribution in [-0.4, -0.2) is 23.0 Å². The highest BCUT2D eigenvalue weighted by molar-refractivity contribution is 6.38. The predicted octanol–water partition coefficient (Wildman–Crippen LogP) is 3.24. The first-order valence-electron chi connectivity index (χ1n) is 6.48. The van der Waals surface area contributed by atoms with Crippen LogP contribution in [0.5, 0.6) is 0 Å². The Labute approximate surface area is 132 Å². The molecule has 0 fully saturated rings. The Morgan fingerprint density at radius 3 is 2.59 bits per heavy atom. The lowest BCUT2D eigenvalue weighted by molar-refractivity contribution is 0.0955. The summed E-state index contributed by atoms with van der Waals surface area (Å²) in [6.07, 6.45) is 1.16. The van der Waals surface area contributed by atoms with Gasteiger partial charge in [0.1, 0.15) is 5.71 Å². The summed E-state index contributed by atoms with van der Waals surface area (Å²) in [7, 11) is 0. The monoisotopic (exact) mass is 315 g/mol. The minimum Gasteiger partial charge on any atom is -0.411 e. The van der Waals surface area contributed by atoms with Gasteiger partial charge in [0.25, 0.3) is 5.91 Å². The fraction of sp³-hybridized carbons (Fsp3) is 0.0625. The van der Waals surface area contributed by atoms with Gasteiger partial charge in [-0.3, -0.25) is 4.79 Å². The minimum absolute atomic E-state index is 0.335. The molecule has 0 bridgehead atoms. The normalized spacial score (nSPS) is 11.6. The maximum absolute atomic E-state index is 12.0. The van der Waals surface area contributed by atoms with Gasteiger partial charge < -0.3 is 5.21 Å². The number of nitrogens with one attached hydrogen (secondary N) is 1. The van der Waals surface area contributed by atoms with Crippen LogP contribution in [0.15, 0.2) is 58.8 Å². The third-order valence-corrected chi connectivity index (χ3v) is 3.09. The van der Waals surface area contributed by atoms with Crippen LogP contribution in [-0.2, 0) is 0 Å². The fourth-order valence-electron chi connectivity index (χ4n) is 1.83. The van der Waals surface area contributed by atoms with E-state index >= 15 is 0 Å². The molecule has 0 saturated carbocycles. The molecule has 0 atom stereocenters. The Bertz CT molecular complexity index is 742. The Morgan fingerprint density at radius 1 is 1.18 bits per heavy atom. The summed E-state index contributed by atoms with van der Waals surface area (Å²) >= 11 is 5.84. The van der Waals surface area contributed by atoms with Crippen LogP contribution in [0.3, 0.4) is 0 Å². The van der Waals surface area contributed by atoms with Crippen LogP contribution in [0.25, 0.3) is 0 Å². The number of oxime groups is 1. The molecule has 0 aliphatic heterocycles. The Kier molecular flexibility index (Phi) is 5.27. The number of amides is 1. The van der Waals surface area contributed by atoms with E-state index < -0.39 is 5.91 Å². The van der Waals surface area contributed by atoms with Crippen molar-refractivity contribution in [2.24, 2.45) is 10.3 Å². The SMILES string of the molecule is Cc1cccc(C(C=NO)=NNC(=O)c2cccc(Cl)c2)c1. The molecule has 112 valence electrons. The van der Waals surface area contributed by atoms with Gasteiger partial charge in [-0.25, -0.2) is 5.43 Å². The predicted molar refractivity (Wildman–Crippen MR) is 86.9 cm³/mol. The number of benzene rings is 2. The van der Waals surface area contributed by atoms with E-state index in [9.17, 15) is 4.79 Å². The summed E-state index contributed by atoms with van der Waals surface area (Å²) in [5.74, 6) is -0.404. The van der Waals surface area contributed by atoms with Crippen molar-refractivity contribution in [3.05, 3.63) is 70.2 Å². The van der Waals surface area contributed by atoms with Gasteiger partial charge in [-0.05, 0) is 31.2 Å². The Morgan fingerprint density at radius 2 is 1.91 bits per heavy atom. The van der Waals surface area contributed by atoms with Crippen molar-refractivity contribution < 1.29 is 10.0 Å². The van der Waals surface area contributed by atoms with Gasteiger partial charge in [0.15, 0.2) is 0 Å². The highest BCUT2D eigenvalue weighted by Gasteiger charge is 2.07. The molecule has 1 amide bonds. The topological polar surface area (TPSA) is 74.1 Å². The lowest BCUT2D eigenvalue weighted by atomic mass is 10.1. The molecule has 2 rings (SSSR count). The van der Waals surface area contributed by atoms with Gasteiger partial charge in [0.2, 0.25) is 0 Å². The van der Waals surface area contributed by atoms with E-state index in [1.165, 1.54) is 0 Å². The van der Waals surface area contributed by atoms with Crippen LogP contribution in [0.1, 0.15) is 21.5 Å². The molecule has 0 aliphatic rings. The van der Waals surface area contributed by atoms with Crippen LogP contribution in [0.4, 0.5) is 0 Å². The summed E-state index contributed by atoms with van der Waals surface area (Å²) in [6, 6.07) is 14.0. The van der Waals surface area contributed by atoms with Crippen molar-refractivity contribution in [2.75, 3.05) is 0 Å². The minimum atomic E-state index is -0.404. The third kappa shape index (κ3) is 4.17. The molecule has 6 heteroatoms. The van der Waals surface area contributed by atoms with Gasteiger partial charge in [-0.15, -0.1) is 0 Å². The largest absolute Gasteiger partial charge is 0.411 e. The number of hydrogen-bond donors (Lipinski definition) is 2. The number of carbonyl (C=O) groups excluding carboxylic acids is 1. The second-order valence-corrected chi connectivity index (χ2v) is 5.00. The van der Waals surface area contributed by atoms with E-state index in [0.717, 1.165) is 17.3 Å². The molecule has 0 spiro atoms. The van der Waals surface area contributed by atoms with E-state index in [1.54, 1.807) is 30.3 Å². The maximum atomic E-state index is 12.0. The first kappa shape index (κ1) is 15.7. The number of aryl methyl sites for hydroxylation is 1.